The Kier molecular flexibility index (Phi) is 6.78. The lowest BCUT2D eigenvalue weighted by molar-refractivity contribution is 0.954. The van der Waals surface area contributed by atoms with Crippen molar-refractivity contribution in [3.8, 4) is 51.0 Å². The van der Waals surface area contributed by atoms with E-state index in [-0.39, 0.29) is 0 Å². The van der Waals surface area contributed by atoms with Crippen molar-refractivity contribution in [1.29, 1.82) is 0 Å². The second-order valence-electron chi connectivity index (χ2n) is 12.8. The summed E-state index contributed by atoms with van der Waals surface area (Å²) in [5.41, 5.74) is 8.79. The van der Waals surface area contributed by atoms with Gasteiger partial charge in [-0.2, -0.15) is 9.97 Å². The Morgan fingerprint density at radius 2 is 0.824 bits per heavy atom. The summed E-state index contributed by atoms with van der Waals surface area (Å²) in [5.74, 6) is 1.85. The molecule has 2 heterocycles. The van der Waals surface area contributed by atoms with Gasteiger partial charge in [-0.1, -0.05) is 164 Å². The predicted octanol–water partition coefficient (Wildman–Crippen LogP) is 11.9. The zero-order valence-corrected chi connectivity index (χ0v) is 27.6. The average Bonchev–Trinajstić information content (AvgIpc) is 3.55. The van der Waals surface area contributed by atoms with Crippen molar-refractivity contribution in [3.05, 3.63) is 182 Å². The number of aromatic nitrogens is 4. The van der Waals surface area contributed by atoms with Crippen LogP contribution in [0, 0.1) is 0 Å². The van der Waals surface area contributed by atoms with Crippen molar-refractivity contribution < 1.29 is 0 Å². The van der Waals surface area contributed by atoms with Crippen LogP contribution >= 0.6 is 0 Å². The van der Waals surface area contributed by atoms with E-state index in [2.05, 4.69) is 168 Å². The third-order valence-corrected chi connectivity index (χ3v) is 9.88. The van der Waals surface area contributed by atoms with Crippen LogP contribution < -0.4 is 0 Å². The monoisotopic (exact) mass is 650 g/mol. The van der Waals surface area contributed by atoms with Gasteiger partial charge < -0.3 is 0 Å². The minimum absolute atomic E-state index is 0.589. The highest BCUT2D eigenvalue weighted by Gasteiger charge is 2.20. The number of fused-ring (bicyclic) bond motifs is 5. The van der Waals surface area contributed by atoms with Gasteiger partial charge in [0.15, 0.2) is 11.6 Å². The van der Waals surface area contributed by atoms with Crippen LogP contribution in [0.1, 0.15) is 0 Å². The molecule has 0 unspecified atom stereocenters. The topological polar surface area (TPSA) is 43.6 Å². The SMILES string of the molecule is c1ccc(-c2nc(-c3ccc(-c4cccc5cccc(-c6ccccc6)c45)c4ccccc34)nc(-n3c4ccccc4c4ccccc43)n2)cc1. The minimum Gasteiger partial charge on any atom is -0.278 e. The molecule has 0 aliphatic rings. The van der Waals surface area contributed by atoms with Crippen LogP contribution in [0.5, 0.6) is 0 Å². The molecule has 0 saturated carbocycles. The van der Waals surface area contributed by atoms with Gasteiger partial charge in [0.1, 0.15) is 0 Å². The molecule has 4 nitrogen and oxygen atoms in total. The Morgan fingerprint density at radius 1 is 0.314 bits per heavy atom. The Balaban J connectivity index is 1.23. The summed E-state index contributed by atoms with van der Waals surface area (Å²) in [6.07, 6.45) is 0. The minimum atomic E-state index is 0.589. The number of hydrogen-bond acceptors (Lipinski definition) is 3. The van der Waals surface area contributed by atoms with E-state index in [9.17, 15) is 0 Å². The number of hydrogen-bond donors (Lipinski definition) is 0. The molecule has 0 saturated heterocycles. The first-order valence-corrected chi connectivity index (χ1v) is 17.2. The maximum atomic E-state index is 5.27. The van der Waals surface area contributed by atoms with Crippen molar-refractivity contribution in [2.75, 3.05) is 0 Å². The molecule has 51 heavy (non-hydrogen) atoms. The molecular weight excluding hydrogens is 621 g/mol. The van der Waals surface area contributed by atoms with Crippen molar-refractivity contribution in [1.82, 2.24) is 19.5 Å². The maximum Gasteiger partial charge on any atom is 0.238 e. The van der Waals surface area contributed by atoms with Crippen LogP contribution in [0.4, 0.5) is 0 Å². The maximum absolute atomic E-state index is 5.27. The van der Waals surface area contributed by atoms with Crippen LogP contribution in [0.15, 0.2) is 182 Å². The van der Waals surface area contributed by atoms with Crippen LogP contribution in [-0.4, -0.2) is 19.5 Å². The second-order valence-corrected chi connectivity index (χ2v) is 12.8. The number of para-hydroxylation sites is 2. The summed E-state index contributed by atoms with van der Waals surface area (Å²) < 4.78 is 2.17. The molecular formula is C47H30N4. The van der Waals surface area contributed by atoms with E-state index in [4.69, 9.17) is 15.0 Å². The zero-order valence-electron chi connectivity index (χ0n) is 27.6. The van der Waals surface area contributed by atoms with Crippen LogP contribution in [0.2, 0.25) is 0 Å². The van der Waals surface area contributed by atoms with Crippen molar-refractivity contribution >= 4 is 43.4 Å². The van der Waals surface area contributed by atoms with Gasteiger partial charge in [0, 0.05) is 21.9 Å². The lowest BCUT2D eigenvalue weighted by atomic mass is 9.88. The van der Waals surface area contributed by atoms with E-state index in [1.165, 1.54) is 33.0 Å². The highest BCUT2D eigenvalue weighted by atomic mass is 15.2. The molecule has 10 aromatic rings. The third-order valence-electron chi connectivity index (χ3n) is 9.88. The molecule has 0 aliphatic heterocycles. The van der Waals surface area contributed by atoms with Crippen molar-refractivity contribution in [2.24, 2.45) is 0 Å². The van der Waals surface area contributed by atoms with Gasteiger partial charge in [-0.3, -0.25) is 4.57 Å². The van der Waals surface area contributed by atoms with Crippen LogP contribution in [-0.2, 0) is 0 Å². The Morgan fingerprint density at radius 3 is 1.49 bits per heavy atom. The van der Waals surface area contributed by atoms with Gasteiger partial charge in [-0.05, 0) is 62.0 Å². The normalized spacial score (nSPS) is 11.5. The number of nitrogens with zero attached hydrogens (tertiary/aromatic N) is 4. The van der Waals surface area contributed by atoms with Gasteiger partial charge in [-0.25, -0.2) is 4.98 Å². The molecule has 2 aromatic heterocycles. The van der Waals surface area contributed by atoms with Gasteiger partial charge in [0.2, 0.25) is 5.95 Å². The summed E-state index contributed by atoms with van der Waals surface area (Å²) in [6.45, 7) is 0. The van der Waals surface area contributed by atoms with E-state index in [1.807, 2.05) is 18.2 Å². The number of benzene rings is 8. The standard InChI is InChI=1S/C47H30N4/c1-3-15-31(16-4-1)34-25-13-19-32-20-14-26-40(44(32)34)37-29-30-41(36-22-8-7-21-35(36)37)46-48-45(33-17-5-2-6-18-33)49-47(50-46)51-42-27-11-9-23-38(42)39-24-10-12-28-43(39)51/h1-30H. The fourth-order valence-corrected chi connectivity index (χ4v) is 7.59. The highest BCUT2D eigenvalue weighted by molar-refractivity contribution is 6.13. The van der Waals surface area contributed by atoms with Crippen LogP contribution in [0.25, 0.3) is 94.3 Å². The largest absolute Gasteiger partial charge is 0.278 e. The summed E-state index contributed by atoms with van der Waals surface area (Å²) in [7, 11) is 0. The zero-order chi connectivity index (χ0) is 33.7. The summed E-state index contributed by atoms with van der Waals surface area (Å²) in [5, 5.41) is 7.01. The lowest BCUT2D eigenvalue weighted by Crippen LogP contribution is -2.06. The molecule has 8 aromatic carbocycles. The van der Waals surface area contributed by atoms with Crippen molar-refractivity contribution in [3.63, 3.8) is 0 Å². The first-order chi connectivity index (χ1) is 25.3. The van der Waals surface area contributed by atoms with E-state index >= 15 is 0 Å². The predicted molar refractivity (Wildman–Crippen MR) is 211 cm³/mol. The molecule has 0 aliphatic carbocycles. The molecule has 0 fully saturated rings. The van der Waals surface area contributed by atoms with E-state index < -0.39 is 0 Å². The molecule has 4 heteroatoms. The van der Waals surface area contributed by atoms with Gasteiger partial charge in [0.05, 0.1) is 11.0 Å². The Hall–Kier alpha value is -6.91. The van der Waals surface area contributed by atoms with Crippen LogP contribution in [0.3, 0.4) is 0 Å². The molecule has 238 valence electrons. The van der Waals surface area contributed by atoms with Gasteiger partial charge in [0.25, 0.3) is 0 Å². The molecule has 0 bridgehead atoms. The Bertz CT molecular complexity index is 2850. The lowest BCUT2D eigenvalue weighted by Gasteiger charge is -2.16. The molecule has 0 N–H and O–H groups in total. The third kappa shape index (κ3) is 4.80. The highest BCUT2D eigenvalue weighted by Crippen LogP contribution is 2.41. The van der Waals surface area contributed by atoms with Crippen molar-refractivity contribution in [2.45, 2.75) is 0 Å². The first-order valence-electron chi connectivity index (χ1n) is 17.2. The average molecular weight is 651 g/mol. The number of rotatable bonds is 5. The Labute approximate surface area is 295 Å². The van der Waals surface area contributed by atoms with E-state index in [0.717, 1.165) is 43.7 Å². The molecule has 0 spiro atoms. The van der Waals surface area contributed by atoms with E-state index in [0.29, 0.717) is 17.6 Å². The molecule has 10 rings (SSSR count). The molecule has 0 atom stereocenters. The molecule has 0 amide bonds. The van der Waals surface area contributed by atoms with Gasteiger partial charge >= 0.3 is 0 Å². The first kappa shape index (κ1) is 29.0. The quantitative estimate of drug-likeness (QED) is 0.186. The summed E-state index contributed by atoms with van der Waals surface area (Å²) >= 11 is 0. The summed E-state index contributed by atoms with van der Waals surface area (Å²) in [6, 6.07) is 63.9. The smallest absolute Gasteiger partial charge is 0.238 e. The summed E-state index contributed by atoms with van der Waals surface area (Å²) in [4.78, 5) is 15.6. The van der Waals surface area contributed by atoms with Gasteiger partial charge in [-0.15, -0.1) is 0 Å². The molecule has 0 radical (unpaired) electrons. The second kappa shape index (κ2) is 11.9. The fraction of sp³-hybridized carbons (Fsp3) is 0. The van der Waals surface area contributed by atoms with E-state index in [1.54, 1.807) is 0 Å². The fourth-order valence-electron chi connectivity index (χ4n) is 7.59.